The third kappa shape index (κ3) is 3.96. The lowest BCUT2D eigenvalue weighted by Gasteiger charge is -2.28. The molecule has 0 N–H and O–H groups in total. The summed E-state index contributed by atoms with van der Waals surface area (Å²) in [5.41, 5.74) is 6.00. The number of rotatable bonds is 5. The van der Waals surface area contributed by atoms with E-state index < -0.39 is 0 Å². The van der Waals surface area contributed by atoms with Crippen LogP contribution in [0.1, 0.15) is 22.5 Å². The van der Waals surface area contributed by atoms with Crippen molar-refractivity contribution in [2.45, 2.75) is 26.1 Å². The van der Waals surface area contributed by atoms with Crippen LogP contribution in [0.25, 0.3) is 11.4 Å². The summed E-state index contributed by atoms with van der Waals surface area (Å²) in [4.78, 5) is 16.3. The molecule has 0 atom stereocenters. The minimum absolute atomic E-state index is 0.818. The maximum atomic E-state index is 4.83. The summed E-state index contributed by atoms with van der Waals surface area (Å²) >= 11 is 0. The van der Waals surface area contributed by atoms with Crippen LogP contribution in [-0.2, 0) is 26.1 Å². The van der Waals surface area contributed by atoms with E-state index in [-0.39, 0.29) is 0 Å². The Morgan fingerprint density at radius 3 is 2.48 bits per heavy atom. The molecule has 144 valence electrons. The van der Waals surface area contributed by atoms with Crippen molar-refractivity contribution >= 4 is 0 Å². The quantitative estimate of drug-likeness (QED) is 0.525. The molecule has 0 fully saturated rings. The van der Waals surface area contributed by atoms with Gasteiger partial charge < -0.3 is 4.57 Å². The fraction of sp³-hybridized carbons (Fsp3) is 0.208. The molecular weight excluding hydrogens is 358 g/mol. The van der Waals surface area contributed by atoms with Gasteiger partial charge in [-0.25, -0.2) is 15.0 Å². The summed E-state index contributed by atoms with van der Waals surface area (Å²) < 4.78 is 2.24. The molecule has 1 aliphatic rings. The minimum Gasteiger partial charge on any atom is -0.329 e. The van der Waals surface area contributed by atoms with Crippen molar-refractivity contribution in [1.82, 2.24) is 24.4 Å². The number of benzene rings is 2. The number of hydrogen-bond acceptors (Lipinski definition) is 4. The molecule has 0 saturated carbocycles. The molecule has 0 bridgehead atoms. The van der Waals surface area contributed by atoms with E-state index in [1.807, 2.05) is 36.9 Å². The van der Waals surface area contributed by atoms with Crippen LogP contribution >= 0.6 is 0 Å². The van der Waals surface area contributed by atoms with Gasteiger partial charge in [0.1, 0.15) is 0 Å². The smallest absolute Gasteiger partial charge is 0.159 e. The molecule has 0 aliphatic carbocycles. The second kappa shape index (κ2) is 7.97. The van der Waals surface area contributed by atoms with Crippen LogP contribution in [0, 0.1) is 0 Å². The minimum atomic E-state index is 0.818. The van der Waals surface area contributed by atoms with E-state index in [0.717, 1.165) is 44.0 Å². The lowest BCUT2D eigenvalue weighted by Crippen LogP contribution is -2.31. The Hall–Kier alpha value is -3.31. The maximum Gasteiger partial charge on any atom is 0.159 e. The van der Waals surface area contributed by atoms with Crippen LogP contribution in [0.5, 0.6) is 0 Å². The predicted molar refractivity (Wildman–Crippen MR) is 113 cm³/mol. The zero-order valence-electron chi connectivity index (χ0n) is 16.3. The van der Waals surface area contributed by atoms with E-state index in [2.05, 4.69) is 61.9 Å². The van der Waals surface area contributed by atoms with Gasteiger partial charge in [0, 0.05) is 56.1 Å². The normalized spacial score (nSPS) is 13.9. The summed E-state index contributed by atoms with van der Waals surface area (Å²) in [6.07, 6.45) is 6.85. The first-order valence-electron chi connectivity index (χ1n) is 10.0. The molecule has 5 nitrogen and oxygen atoms in total. The Kier molecular flexibility index (Phi) is 4.88. The highest BCUT2D eigenvalue weighted by atomic mass is 15.2. The van der Waals surface area contributed by atoms with Gasteiger partial charge in [0.25, 0.3) is 0 Å². The molecule has 1 aliphatic heterocycles. The van der Waals surface area contributed by atoms with Crippen molar-refractivity contribution in [2.24, 2.45) is 0 Å². The zero-order valence-corrected chi connectivity index (χ0v) is 16.3. The van der Waals surface area contributed by atoms with Gasteiger partial charge in [-0.3, -0.25) is 4.90 Å². The molecule has 0 spiro atoms. The summed E-state index contributed by atoms with van der Waals surface area (Å²) in [7, 11) is 0. The second-order valence-electron chi connectivity index (χ2n) is 7.49. The highest BCUT2D eigenvalue weighted by Crippen LogP contribution is 2.22. The van der Waals surface area contributed by atoms with Crippen molar-refractivity contribution in [3.63, 3.8) is 0 Å². The molecule has 0 radical (unpaired) electrons. The molecule has 5 rings (SSSR count). The molecule has 29 heavy (non-hydrogen) atoms. The molecule has 5 heteroatoms. The lowest BCUT2D eigenvalue weighted by atomic mass is 10.1. The monoisotopic (exact) mass is 381 g/mol. The van der Waals surface area contributed by atoms with E-state index in [1.165, 1.54) is 22.5 Å². The number of nitrogens with zero attached hydrogens (tertiary/aromatic N) is 5. The summed E-state index contributed by atoms with van der Waals surface area (Å²) in [6.45, 7) is 3.60. The van der Waals surface area contributed by atoms with Crippen LogP contribution < -0.4 is 0 Å². The SMILES string of the molecule is c1ccc(Cn2cncc2CN2CCc3nc(-c4ccccc4)ncc3C2)cc1. The topological polar surface area (TPSA) is 46.8 Å². The maximum absolute atomic E-state index is 4.83. The second-order valence-corrected chi connectivity index (χ2v) is 7.49. The van der Waals surface area contributed by atoms with E-state index in [0.29, 0.717) is 0 Å². The van der Waals surface area contributed by atoms with E-state index in [4.69, 9.17) is 4.98 Å². The Labute approximate surface area is 170 Å². The van der Waals surface area contributed by atoms with Crippen molar-refractivity contribution in [3.05, 3.63) is 102 Å². The molecular formula is C24H23N5. The lowest BCUT2D eigenvalue weighted by molar-refractivity contribution is 0.237. The fourth-order valence-electron chi connectivity index (χ4n) is 3.87. The van der Waals surface area contributed by atoms with Crippen molar-refractivity contribution in [2.75, 3.05) is 6.54 Å². The first kappa shape index (κ1) is 17.8. The van der Waals surface area contributed by atoms with Crippen LogP contribution in [0.4, 0.5) is 0 Å². The van der Waals surface area contributed by atoms with Crippen molar-refractivity contribution in [1.29, 1.82) is 0 Å². The van der Waals surface area contributed by atoms with Gasteiger partial charge in [0.2, 0.25) is 0 Å². The van der Waals surface area contributed by atoms with Crippen molar-refractivity contribution < 1.29 is 0 Å². The van der Waals surface area contributed by atoms with E-state index in [9.17, 15) is 0 Å². The molecule has 2 aromatic heterocycles. The third-order valence-electron chi connectivity index (χ3n) is 5.42. The average molecular weight is 381 g/mol. The van der Waals surface area contributed by atoms with Gasteiger partial charge in [-0.15, -0.1) is 0 Å². The molecule has 0 saturated heterocycles. The van der Waals surface area contributed by atoms with Gasteiger partial charge in [-0.05, 0) is 5.56 Å². The van der Waals surface area contributed by atoms with Gasteiger partial charge >= 0.3 is 0 Å². The van der Waals surface area contributed by atoms with Crippen LogP contribution in [-0.4, -0.2) is 31.0 Å². The Balaban J connectivity index is 1.29. The summed E-state index contributed by atoms with van der Waals surface area (Å²) in [6, 6.07) is 20.7. The van der Waals surface area contributed by atoms with E-state index >= 15 is 0 Å². The molecule has 0 unspecified atom stereocenters. The number of hydrogen-bond donors (Lipinski definition) is 0. The molecule has 3 heterocycles. The highest BCUT2D eigenvalue weighted by Gasteiger charge is 2.20. The standard InChI is InChI=1S/C24H23N5/c1-3-7-19(8-4-1)15-29-18-25-14-22(29)17-28-12-11-23-21(16-28)13-26-24(27-23)20-9-5-2-6-10-20/h1-10,13-14,18H,11-12,15-17H2. The first-order valence-corrected chi connectivity index (χ1v) is 10.0. The zero-order chi connectivity index (χ0) is 19.5. The number of aromatic nitrogens is 4. The van der Waals surface area contributed by atoms with Gasteiger partial charge in [-0.1, -0.05) is 60.7 Å². The Bertz CT molecular complexity index is 1090. The first-order chi connectivity index (χ1) is 14.3. The highest BCUT2D eigenvalue weighted by molar-refractivity contribution is 5.54. The molecule has 4 aromatic rings. The van der Waals surface area contributed by atoms with Crippen LogP contribution in [0.2, 0.25) is 0 Å². The largest absolute Gasteiger partial charge is 0.329 e. The Morgan fingerprint density at radius 1 is 0.862 bits per heavy atom. The number of imidazole rings is 1. The number of fused-ring (bicyclic) bond motifs is 1. The van der Waals surface area contributed by atoms with Gasteiger partial charge in [0.05, 0.1) is 17.7 Å². The Morgan fingerprint density at radius 2 is 1.66 bits per heavy atom. The summed E-state index contributed by atoms with van der Waals surface area (Å²) in [5.74, 6) is 0.818. The predicted octanol–water partition coefficient (Wildman–Crippen LogP) is 3.95. The van der Waals surface area contributed by atoms with Crippen LogP contribution in [0.15, 0.2) is 79.4 Å². The van der Waals surface area contributed by atoms with Gasteiger partial charge in [0.15, 0.2) is 5.82 Å². The third-order valence-corrected chi connectivity index (χ3v) is 5.42. The van der Waals surface area contributed by atoms with Gasteiger partial charge in [-0.2, -0.15) is 0 Å². The molecule has 0 amide bonds. The fourth-order valence-corrected chi connectivity index (χ4v) is 3.87. The average Bonchev–Trinajstić information content (AvgIpc) is 3.21. The van der Waals surface area contributed by atoms with Crippen molar-refractivity contribution in [3.8, 4) is 11.4 Å². The van der Waals surface area contributed by atoms with E-state index in [1.54, 1.807) is 0 Å². The summed E-state index contributed by atoms with van der Waals surface area (Å²) in [5, 5.41) is 0. The molecule has 2 aromatic carbocycles. The van der Waals surface area contributed by atoms with Crippen LogP contribution in [0.3, 0.4) is 0 Å².